The van der Waals surface area contributed by atoms with Crippen LogP contribution in [0.25, 0.3) is 0 Å². The Labute approximate surface area is 178 Å². The number of hydrogen-bond acceptors (Lipinski definition) is 9. The number of nitrogens with two attached hydrogens (primary N) is 1. The van der Waals surface area contributed by atoms with E-state index < -0.39 is 23.1 Å². The minimum atomic E-state index is -0.822. The topological polar surface area (TPSA) is 146 Å². The molecule has 0 spiro atoms. The van der Waals surface area contributed by atoms with Crippen molar-refractivity contribution in [3.63, 3.8) is 0 Å². The van der Waals surface area contributed by atoms with Gasteiger partial charge in [0.25, 0.3) is 16.7 Å². The molecule has 0 saturated heterocycles. The summed E-state index contributed by atoms with van der Waals surface area (Å²) in [7, 11) is 0. The highest BCUT2D eigenvalue weighted by Gasteiger charge is 2.30. The number of H-pyrrole nitrogens is 1. The number of anilines is 1. The van der Waals surface area contributed by atoms with Crippen LogP contribution in [0.3, 0.4) is 0 Å². The van der Waals surface area contributed by atoms with Gasteiger partial charge in [0, 0.05) is 6.04 Å². The molecular weight excluding hydrogens is 429 g/mol. The molecule has 1 aromatic carbocycles. The van der Waals surface area contributed by atoms with Gasteiger partial charge < -0.3 is 14.9 Å². The second-order valence-electron chi connectivity index (χ2n) is 6.95. The number of aromatic amines is 1. The van der Waals surface area contributed by atoms with E-state index >= 15 is 0 Å². The number of ketones is 1. The highest BCUT2D eigenvalue weighted by molar-refractivity contribution is 7.99. The van der Waals surface area contributed by atoms with Crippen LogP contribution in [-0.2, 0) is 0 Å². The number of Topliss-reactive ketones (excluding diaryl/α,β-unsaturated/α-hetero) is 1. The highest BCUT2D eigenvalue weighted by atomic mass is 32.2. The van der Waals surface area contributed by atoms with Gasteiger partial charge >= 0.3 is 5.69 Å². The molecule has 1 aliphatic carbocycles. The summed E-state index contributed by atoms with van der Waals surface area (Å²) in [5, 5.41) is 7.84. The third-order valence-electron chi connectivity index (χ3n) is 4.60. The summed E-state index contributed by atoms with van der Waals surface area (Å²) >= 11 is 0.931. The molecule has 1 saturated carbocycles. The number of hydrogen-bond donors (Lipinski definition) is 2. The summed E-state index contributed by atoms with van der Waals surface area (Å²) in [6.07, 6.45) is 0.923. The predicted octanol–water partition coefficient (Wildman–Crippen LogP) is 2.09. The SMILES string of the molecule is CC(Oc1ccc(F)cc1)c1nnc(SCC(=O)c2c(N)n(C3CC3)c(=O)[nH]c2=O)o1. The fourth-order valence-corrected chi connectivity index (χ4v) is 3.58. The van der Waals surface area contributed by atoms with E-state index in [1.807, 2.05) is 0 Å². The van der Waals surface area contributed by atoms with Gasteiger partial charge in [-0.3, -0.25) is 19.1 Å². The molecule has 162 valence electrons. The molecule has 2 heterocycles. The molecule has 31 heavy (non-hydrogen) atoms. The number of carbonyl (C=O) groups excluding carboxylic acids is 1. The van der Waals surface area contributed by atoms with E-state index in [-0.39, 0.29) is 40.1 Å². The number of ether oxygens (including phenoxy) is 1. The van der Waals surface area contributed by atoms with Gasteiger partial charge in [0.2, 0.25) is 0 Å². The lowest BCUT2D eigenvalue weighted by molar-refractivity contribution is 0.102. The lowest BCUT2D eigenvalue weighted by atomic mass is 10.2. The minimum absolute atomic E-state index is 0.0929. The van der Waals surface area contributed by atoms with Gasteiger partial charge in [0.15, 0.2) is 11.9 Å². The van der Waals surface area contributed by atoms with Crippen LogP contribution in [0.1, 0.15) is 48.2 Å². The molecule has 12 heteroatoms. The van der Waals surface area contributed by atoms with E-state index in [4.69, 9.17) is 14.9 Å². The summed E-state index contributed by atoms with van der Waals surface area (Å²) < 4.78 is 25.3. The maximum Gasteiger partial charge on any atom is 0.330 e. The summed E-state index contributed by atoms with van der Waals surface area (Å²) in [6.45, 7) is 1.68. The van der Waals surface area contributed by atoms with Crippen LogP contribution < -0.4 is 21.7 Å². The molecule has 0 amide bonds. The summed E-state index contributed by atoms with van der Waals surface area (Å²) in [5.74, 6) is -0.669. The van der Waals surface area contributed by atoms with Crippen molar-refractivity contribution < 1.29 is 18.3 Å². The number of nitrogens with one attached hydrogen (secondary N) is 1. The molecule has 1 unspecified atom stereocenters. The van der Waals surface area contributed by atoms with E-state index in [9.17, 15) is 18.8 Å². The molecule has 1 fully saturated rings. The Balaban J connectivity index is 1.42. The van der Waals surface area contributed by atoms with Crippen molar-refractivity contribution >= 4 is 23.4 Å². The van der Waals surface area contributed by atoms with Crippen LogP contribution in [0.4, 0.5) is 10.2 Å². The average molecular weight is 447 g/mol. The van der Waals surface area contributed by atoms with Gasteiger partial charge in [-0.15, -0.1) is 10.2 Å². The molecule has 0 radical (unpaired) electrons. The van der Waals surface area contributed by atoms with E-state index in [0.29, 0.717) is 5.75 Å². The summed E-state index contributed by atoms with van der Waals surface area (Å²) in [6, 6.07) is 5.38. The van der Waals surface area contributed by atoms with Gasteiger partial charge in [-0.1, -0.05) is 11.8 Å². The molecular formula is C19H18FN5O5S. The van der Waals surface area contributed by atoms with Crippen LogP contribution in [-0.4, -0.2) is 31.3 Å². The number of benzene rings is 1. The van der Waals surface area contributed by atoms with Crippen molar-refractivity contribution in [3.8, 4) is 5.75 Å². The maximum atomic E-state index is 13.0. The van der Waals surface area contributed by atoms with E-state index in [1.165, 1.54) is 28.8 Å². The fourth-order valence-electron chi connectivity index (χ4n) is 2.94. The molecule has 0 bridgehead atoms. The first-order valence-electron chi connectivity index (χ1n) is 9.39. The molecule has 10 nitrogen and oxygen atoms in total. The molecule has 2 aromatic heterocycles. The molecule has 3 aromatic rings. The van der Waals surface area contributed by atoms with E-state index in [1.54, 1.807) is 6.92 Å². The fraction of sp³-hybridized carbons (Fsp3) is 0.316. The van der Waals surface area contributed by atoms with E-state index in [2.05, 4.69) is 15.2 Å². The maximum absolute atomic E-state index is 13.0. The lowest BCUT2D eigenvalue weighted by Crippen LogP contribution is -2.36. The lowest BCUT2D eigenvalue weighted by Gasteiger charge is -2.10. The molecule has 3 N–H and O–H groups in total. The molecule has 0 aliphatic heterocycles. The van der Waals surface area contributed by atoms with Crippen LogP contribution in [0.15, 0.2) is 43.5 Å². The normalized spacial score (nSPS) is 14.4. The second-order valence-corrected chi connectivity index (χ2v) is 7.88. The first-order chi connectivity index (χ1) is 14.8. The Kier molecular flexibility index (Phi) is 5.63. The third-order valence-corrected chi connectivity index (χ3v) is 5.41. The van der Waals surface area contributed by atoms with Crippen molar-refractivity contribution in [1.29, 1.82) is 0 Å². The Hall–Kier alpha value is -3.41. The van der Waals surface area contributed by atoms with E-state index in [0.717, 1.165) is 24.6 Å². The smallest absolute Gasteiger partial charge is 0.330 e. The Morgan fingerprint density at radius 1 is 1.35 bits per heavy atom. The van der Waals surface area contributed by atoms with Crippen molar-refractivity contribution in [3.05, 3.63) is 62.4 Å². The summed E-state index contributed by atoms with van der Waals surface area (Å²) in [4.78, 5) is 38.8. The molecule has 1 aliphatic rings. The first-order valence-corrected chi connectivity index (χ1v) is 10.4. The zero-order valence-corrected chi connectivity index (χ0v) is 17.1. The average Bonchev–Trinajstić information content (AvgIpc) is 3.43. The monoisotopic (exact) mass is 447 g/mol. The number of aromatic nitrogens is 4. The Morgan fingerprint density at radius 3 is 2.74 bits per heavy atom. The summed E-state index contributed by atoms with van der Waals surface area (Å²) in [5.41, 5.74) is 4.24. The van der Waals surface area contributed by atoms with Gasteiger partial charge in [-0.25, -0.2) is 9.18 Å². The molecule has 4 rings (SSSR count). The zero-order chi connectivity index (χ0) is 22.1. The van der Waals surface area contributed by atoms with Crippen LogP contribution >= 0.6 is 11.8 Å². The predicted molar refractivity (Wildman–Crippen MR) is 109 cm³/mol. The van der Waals surface area contributed by atoms with Gasteiger partial charge in [-0.2, -0.15) is 0 Å². The second kappa shape index (κ2) is 8.38. The van der Waals surface area contributed by atoms with Crippen molar-refractivity contribution in [2.45, 2.75) is 37.1 Å². The number of nitrogens with zero attached hydrogens (tertiary/aromatic N) is 3. The van der Waals surface area contributed by atoms with Crippen LogP contribution in [0, 0.1) is 5.82 Å². The Bertz CT molecular complexity index is 1230. The van der Waals surface area contributed by atoms with Gasteiger partial charge in [-0.05, 0) is 44.0 Å². The minimum Gasteiger partial charge on any atom is -0.481 e. The number of rotatable bonds is 8. The van der Waals surface area contributed by atoms with Crippen LogP contribution in [0.2, 0.25) is 0 Å². The number of carbonyl (C=O) groups is 1. The van der Waals surface area contributed by atoms with Crippen molar-refractivity contribution in [2.75, 3.05) is 11.5 Å². The molecule has 1 atom stereocenters. The number of nitrogen functional groups attached to an aromatic ring is 1. The standard InChI is InChI=1S/C19H18FN5O5S/c1-9(29-12-6-2-10(20)3-7-12)17-23-24-19(30-17)31-8-13(26)14-15(21)25(11-4-5-11)18(28)22-16(14)27/h2-3,6-7,9,11H,4-5,8,21H2,1H3,(H,22,27,28). The number of thioether (sulfide) groups is 1. The van der Waals surface area contributed by atoms with Crippen molar-refractivity contribution in [1.82, 2.24) is 19.7 Å². The third kappa shape index (κ3) is 4.53. The van der Waals surface area contributed by atoms with Crippen molar-refractivity contribution in [2.24, 2.45) is 0 Å². The highest BCUT2D eigenvalue weighted by Crippen LogP contribution is 2.35. The first kappa shape index (κ1) is 20.8. The Morgan fingerprint density at radius 2 is 2.06 bits per heavy atom. The quantitative estimate of drug-likeness (QED) is 0.391. The number of halogens is 1. The van der Waals surface area contributed by atoms with Crippen LogP contribution in [0.5, 0.6) is 5.75 Å². The van der Waals surface area contributed by atoms with Gasteiger partial charge in [0.05, 0.1) is 5.75 Å². The zero-order valence-electron chi connectivity index (χ0n) is 16.3. The van der Waals surface area contributed by atoms with Gasteiger partial charge in [0.1, 0.15) is 22.9 Å². The largest absolute Gasteiger partial charge is 0.481 e.